The molecular weight excluding hydrogens is 394 g/mol. The van der Waals surface area contributed by atoms with Gasteiger partial charge in [-0.15, -0.1) is 5.10 Å². The fourth-order valence-corrected chi connectivity index (χ4v) is 3.01. The van der Waals surface area contributed by atoms with Gasteiger partial charge in [0.05, 0.1) is 0 Å². The van der Waals surface area contributed by atoms with Gasteiger partial charge in [-0.1, -0.05) is 69.3 Å². The molecule has 0 atom stereocenters. The Kier molecular flexibility index (Phi) is 6.59. The summed E-state index contributed by atoms with van der Waals surface area (Å²) in [5.74, 6) is -0.723. The van der Waals surface area contributed by atoms with Crippen molar-refractivity contribution in [1.82, 2.24) is 20.2 Å². The normalized spacial score (nSPS) is 11.8. The zero-order chi connectivity index (χ0) is 22.4. The molecule has 0 fully saturated rings. The van der Waals surface area contributed by atoms with Gasteiger partial charge in [0.2, 0.25) is 0 Å². The molecule has 1 N–H and O–H groups in total. The SMILES string of the molecule is Cc1nnnn1C(=Cc1ccccc1)C(=O)OCC(=O)Nc1ccccc1C(C)(C)C. The van der Waals surface area contributed by atoms with Crippen molar-refractivity contribution in [2.24, 2.45) is 0 Å². The lowest BCUT2D eigenvalue weighted by Gasteiger charge is -2.23. The lowest BCUT2D eigenvalue weighted by molar-refractivity contribution is -0.141. The van der Waals surface area contributed by atoms with Crippen LogP contribution in [0.4, 0.5) is 5.69 Å². The highest BCUT2D eigenvalue weighted by atomic mass is 16.5. The van der Waals surface area contributed by atoms with E-state index in [9.17, 15) is 9.59 Å². The number of nitrogens with one attached hydrogen (secondary N) is 1. The molecule has 3 rings (SSSR count). The topological polar surface area (TPSA) is 99.0 Å². The first-order chi connectivity index (χ1) is 14.8. The third-order valence-electron chi connectivity index (χ3n) is 4.51. The third-order valence-corrected chi connectivity index (χ3v) is 4.51. The Balaban J connectivity index is 1.74. The lowest BCUT2D eigenvalue weighted by Crippen LogP contribution is -2.24. The molecule has 160 valence electrons. The smallest absolute Gasteiger partial charge is 0.357 e. The molecule has 0 spiro atoms. The number of benzene rings is 2. The minimum Gasteiger partial charge on any atom is -0.451 e. The number of amides is 1. The van der Waals surface area contributed by atoms with Gasteiger partial charge < -0.3 is 10.1 Å². The van der Waals surface area contributed by atoms with E-state index in [0.717, 1.165) is 11.1 Å². The van der Waals surface area contributed by atoms with E-state index in [-0.39, 0.29) is 11.1 Å². The number of para-hydroxylation sites is 1. The molecule has 1 aromatic heterocycles. The number of rotatable bonds is 6. The standard InChI is InChI=1S/C23H25N5O3/c1-16-25-26-27-28(16)20(14-17-10-6-5-7-11-17)22(30)31-15-21(29)24-19-13-9-8-12-18(19)23(2,3)4/h5-14H,15H2,1-4H3,(H,24,29). The maximum Gasteiger partial charge on any atom is 0.357 e. The average molecular weight is 419 g/mol. The summed E-state index contributed by atoms with van der Waals surface area (Å²) in [6.45, 7) is 7.42. The number of ether oxygens (including phenoxy) is 1. The van der Waals surface area contributed by atoms with Crippen molar-refractivity contribution in [3.8, 4) is 0 Å². The largest absolute Gasteiger partial charge is 0.451 e. The lowest BCUT2D eigenvalue weighted by atomic mass is 9.86. The van der Waals surface area contributed by atoms with Gasteiger partial charge in [-0.3, -0.25) is 4.79 Å². The van der Waals surface area contributed by atoms with E-state index in [1.54, 1.807) is 13.0 Å². The summed E-state index contributed by atoms with van der Waals surface area (Å²) in [5.41, 5.74) is 2.41. The molecule has 1 amide bonds. The third kappa shape index (κ3) is 5.63. The molecule has 0 aliphatic carbocycles. The molecule has 0 unspecified atom stereocenters. The highest BCUT2D eigenvalue weighted by Crippen LogP contribution is 2.29. The Morgan fingerprint density at radius 3 is 2.39 bits per heavy atom. The number of carbonyl (C=O) groups is 2. The Morgan fingerprint density at radius 2 is 1.74 bits per heavy atom. The number of aromatic nitrogens is 4. The molecule has 0 aliphatic rings. The van der Waals surface area contributed by atoms with E-state index in [2.05, 4.69) is 41.6 Å². The molecule has 3 aromatic rings. The summed E-state index contributed by atoms with van der Waals surface area (Å²) in [5, 5.41) is 14.1. The summed E-state index contributed by atoms with van der Waals surface area (Å²) in [6.07, 6.45) is 1.61. The number of anilines is 1. The first-order valence-electron chi connectivity index (χ1n) is 9.84. The zero-order valence-corrected chi connectivity index (χ0v) is 18.0. The van der Waals surface area contributed by atoms with Crippen LogP contribution in [0.25, 0.3) is 11.8 Å². The Labute approximate surface area is 180 Å². The van der Waals surface area contributed by atoms with Crippen molar-refractivity contribution in [3.05, 3.63) is 71.5 Å². The summed E-state index contributed by atoms with van der Waals surface area (Å²) in [7, 11) is 0. The minimum absolute atomic E-state index is 0.108. The number of hydrogen-bond donors (Lipinski definition) is 1. The quantitative estimate of drug-likeness (QED) is 0.485. The maximum atomic E-state index is 12.8. The van der Waals surface area contributed by atoms with Crippen LogP contribution >= 0.6 is 0 Å². The number of tetrazole rings is 1. The predicted molar refractivity (Wildman–Crippen MR) is 118 cm³/mol. The number of hydrogen-bond acceptors (Lipinski definition) is 6. The van der Waals surface area contributed by atoms with Crippen molar-refractivity contribution < 1.29 is 14.3 Å². The van der Waals surface area contributed by atoms with Crippen LogP contribution in [-0.4, -0.2) is 38.7 Å². The molecule has 31 heavy (non-hydrogen) atoms. The molecule has 2 aromatic carbocycles. The van der Waals surface area contributed by atoms with Crippen molar-refractivity contribution in [2.45, 2.75) is 33.1 Å². The Hall–Kier alpha value is -3.81. The Bertz CT molecular complexity index is 1100. The number of nitrogens with zero attached hydrogens (tertiary/aromatic N) is 4. The van der Waals surface area contributed by atoms with E-state index in [4.69, 9.17) is 4.74 Å². The number of carbonyl (C=O) groups excluding carboxylic acids is 2. The summed E-state index contributed by atoms with van der Waals surface area (Å²) in [6, 6.07) is 16.8. The molecule has 8 heteroatoms. The van der Waals surface area contributed by atoms with Gasteiger partial charge in [-0.25, -0.2) is 4.79 Å². The Morgan fingerprint density at radius 1 is 1.06 bits per heavy atom. The van der Waals surface area contributed by atoms with Crippen LogP contribution in [0, 0.1) is 6.92 Å². The number of esters is 1. The van der Waals surface area contributed by atoms with Crippen LogP contribution in [0.1, 0.15) is 37.7 Å². The fraction of sp³-hybridized carbons (Fsp3) is 0.261. The van der Waals surface area contributed by atoms with E-state index in [0.29, 0.717) is 11.5 Å². The van der Waals surface area contributed by atoms with Gasteiger partial charge in [0.1, 0.15) is 0 Å². The van der Waals surface area contributed by atoms with Crippen molar-refractivity contribution >= 4 is 29.3 Å². The summed E-state index contributed by atoms with van der Waals surface area (Å²) in [4.78, 5) is 25.3. The predicted octanol–water partition coefficient (Wildman–Crippen LogP) is 3.46. The highest BCUT2D eigenvalue weighted by molar-refractivity contribution is 6.15. The summed E-state index contributed by atoms with van der Waals surface area (Å²) >= 11 is 0. The van der Waals surface area contributed by atoms with E-state index in [1.807, 2.05) is 54.6 Å². The van der Waals surface area contributed by atoms with Crippen LogP contribution in [-0.2, 0) is 19.7 Å². The van der Waals surface area contributed by atoms with Gasteiger partial charge in [0.25, 0.3) is 5.91 Å². The molecular formula is C23H25N5O3. The monoisotopic (exact) mass is 419 g/mol. The second-order valence-electron chi connectivity index (χ2n) is 8.00. The van der Waals surface area contributed by atoms with Gasteiger partial charge in [-0.05, 0) is 46.0 Å². The van der Waals surface area contributed by atoms with Crippen LogP contribution in [0.5, 0.6) is 0 Å². The second-order valence-corrected chi connectivity index (χ2v) is 8.00. The molecule has 1 heterocycles. The van der Waals surface area contributed by atoms with Crippen molar-refractivity contribution in [2.75, 3.05) is 11.9 Å². The molecule has 0 radical (unpaired) electrons. The first kappa shape index (κ1) is 21.9. The maximum absolute atomic E-state index is 12.8. The van der Waals surface area contributed by atoms with Crippen molar-refractivity contribution in [3.63, 3.8) is 0 Å². The van der Waals surface area contributed by atoms with Crippen molar-refractivity contribution in [1.29, 1.82) is 0 Å². The molecule has 0 bridgehead atoms. The second kappa shape index (κ2) is 9.34. The van der Waals surface area contributed by atoms with Crippen LogP contribution < -0.4 is 5.32 Å². The average Bonchev–Trinajstić information content (AvgIpc) is 3.16. The van der Waals surface area contributed by atoms with Crippen LogP contribution in [0.2, 0.25) is 0 Å². The van der Waals surface area contributed by atoms with E-state index >= 15 is 0 Å². The van der Waals surface area contributed by atoms with Crippen LogP contribution in [0.15, 0.2) is 54.6 Å². The fourth-order valence-electron chi connectivity index (χ4n) is 3.01. The highest BCUT2D eigenvalue weighted by Gasteiger charge is 2.21. The summed E-state index contributed by atoms with van der Waals surface area (Å²) < 4.78 is 6.56. The molecule has 0 aliphatic heterocycles. The zero-order valence-electron chi connectivity index (χ0n) is 18.0. The van der Waals surface area contributed by atoms with Crippen LogP contribution in [0.3, 0.4) is 0 Å². The molecule has 0 saturated carbocycles. The van der Waals surface area contributed by atoms with E-state index in [1.165, 1.54) is 4.68 Å². The van der Waals surface area contributed by atoms with Gasteiger partial charge >= 0.3 is 5.97 Å². The van der Waals surface area contributed by atoms with E-state index < -0.39 is 18.5 Å². The van der Waals surface area contributed by atoms with Gasteiger partial charge in [-0.2, -0.15) is 4.68 Å². The molecule has 0 saturated heterocycles. The van der Waals surface area contributed by atoms with Gasteiger partial charge in [0.15, 0.2) is 18.1 Å². The first-order valence-corrected chi connectivity index (χ1v) is 9.84. The molecule has 8 nitrogen and oxygen atoms in total. The minimum atomic E-state index is -0.710. The van der Waals surface area contributed by atoms with Gasteiger partial charge in [0, 0.05) is 5.69 Å². The number of aryl methyl sites for hydroxylation is 1.